The fraction of sp³-hybridized carbons (Fsp3) is 0.321. The van der Waals surface area contributed by atoms with Crippen molar-refractivity contribution in [3.8, 4) is 11.5 Å². The number of guanidine groups is 1. The summed E-state index contributed by atoms with van der Waals surface area (Å²) in [5.41, 5.74) is 1.52. The summed E-state index contributed by atoms with van der Waals surface area (Å²) in [6.45, 7) is 7.10. The number of anilines is 2. The van der Waals surface area contributed by atoms with Gasteiger partial charge in [-0.15, -0.1) is 4.40 Å². The van der Waals surface area contributed by atoms with E-state index >= 15 is 0 Å². The van der Waals surface area contributed by atoms with Gasteiger partial charge < -0.3 is 24.8 Å². The molecular formula is C28H30F3N7O3S. The number of benzene rings is 2. The van der Waals surface area contributed by atoms with Crippen LogP contribution in [0.3, 0.4) is 0 Å². The molecule has 14 heteroatoms. The summed E-state index contributed by atoms with van der Waals surface area (Å²) in [6, 6.07) is 10.9. The summed E-state index contributed by atoms with van der Waals surface area (Å²) in [4.78, 5) is 16.0. The Kier molecular flexibility index (Phi) is 7.99. The number of aromatic amines is 1. The molecule has 0 saturated carbocycles. The van der Waals surface area contributed by atoms with E-state index in [0.29, 0.717) is 31.1 Å². The number of fused-ring (bicyclic) bond motifs is 1. The van der Waals surface area contributed by atoms with E-state index in [2.05, 4.69) is 29.6 Å². The highest BCUT2D eigenvalue weighted by Crippen LogP contribution is 2.33. The topological polar surface area (TPSA) is 116 Å². The number of hydrogen-bond donors (Lipinski definition) is 2. The lowest BCUT2D eigenvalue weighted by molar-refractivity contribution is -0.137. The van der Waals surface area contributed by atoms with Crippen LogP contribution in [0.1, 0.15) is 25.0 Å². The van der Waals surface area contributed by atoms with Crippen molar-refractivity contribution in [3.05, 3.63) is 72.2 Å². The summed E-state index contributed by atoms with van der Waals surface area (Å²) in [5.74, 6) is 1.19. The van der Waals surface area contributed by atoms with Crippen LogP contribution in [-0.4, -0.2) is 65.7 Å². The number of nitrogens with one attached hydrogen (secondary N) is 2. The molecule has 2 aromatic carbocycles. The van der Waals surface area contributed by atoms with Gasteiger partial charge in [0.15, 0.2) is 0 Å². The fourth-order valence-electron chi connectivity index (χ4n) is 4.75. The van der Waals surface area contributed by atoms with Crippen LogP contribution in [0, 0.1) is 6.92 Å². The predicted molar refractivity (Wildman–Crippen MR) is 155 cm³/mol. The fourth-order valence-corrected chi connectivity index (χ4v) is 5.30. The van der Waals surface area contributed by atoms with E-state index in [1.807, 2.05) is 24.9 Å². The van der Waals surface area contributed by atoms with Gasteiger partial charge in [0.1, 0.15) is 29.3 Å². The molecule has 2 aromatic heterocycles. The smallest absolute Gasteiger partial charge is 0.416 e. The third kappa shape index (κ3) is 6.43. The van der Waals surface area contributed by atoms with Gasteiger partial charge in [-0.3, -0.25) is 0 Å². The number of H-pyrrole nitrogens is 1. The average molecular weight is 602 g/mol. The second-order valence-corrected chi connectivity index (χ2v) is 11.9. The first kappa shape index (κ1) is 29.2. The van der Waals surface area contributed by atoms with E-state index in [-0.39, 0.29) is 23.5 Å². The second kappa shape index (κ2) is 11.5. The molecule has 5 rings (SSSR count). The zero-order valence-electron chi connectivity index (χ0n) is 23.2. The van der Waals surface area contributed by atoms with Crippen molar-refractivity contribution in [2.75, 3.05) is 35.6 Å². The Bertz CT molecular complexity index is 1710. The summed E-state index contributed by atoms with van der Waals surface area (Å²) in [5, 5.41) is 4.07. The van der Waals surface area contributed by atoms with Crippen LogP contribution in [0.5, 0.6) is 11.5 Å². The first-order chi connectivity index (χ1) is 19.9. The first-order valence-corrected chi connectivity index (χ1v) is 14.9. The lowest BCUT2D eigenvalue weighted by Gasteiger charge is -2.42. The highest BCUT2D eigenvalue weighted by Gasteiger charge is 2.31. The Hall–Kier alpha value is -4.33. The van der Waals surface area contributed by atoms with E-state index in [0.717, 1.165) is 34.5 Å². The van der Waals surface area contributed by atoms with Crippen molar-refractivity contribution < 1.29 is 26.3 Å². The van der Waals surface area contributed by atoms with Gasteiger partial charge in [0, 0.05) is 37.6 Å². The summed E-state index contributed by atoms with van der Waals surface area (Å²) < 4.78 is 74.0. The third-order valence-electron chi connectivity index (χ3n) is 6.94. The van der Waals surface area contributed by atoms with Crippen molar-refractivity contribution in [1.82, 2.24) is 19.9 Å². The van der Waals surface area contributed by atoms with Crippen LogP contribution in [0.4, 0.5) is 24.7 Å². The second-order valence-electron chi connectivity index (χ2n) is 9.94. The maximum absolute atomic E-state index is 13.0. The van der Waals surface area contributed by atoms with Crippen LogP contribution >= 0.6 is 0 Å². The highest BCUT2D eigenvalue weighted by atomic mass is 32.2. The van der Waals surface area contributed by atoms with Crippen molar-refractivity contribution in [2.45, 2.75) is 33.0 Å². The van der Waals surface area contributed by atoms with Crippen LogP contribution in [0.2, 0.25) is 0 Å². The van der Waals surface area contributed by atoms with E-state index in [9.17, 15) is 21.6 Å². The minimum atomic E-state index is -4.48. The van der Waals surface area contributed by atoms with E-state index in [1.165, 1.54) is 25.4 Å². The van der Waals surface area contributed by atoms with Crippen LogP contribution in [0.25, 0.3) is 11.0 Å². The van der Waals surface area contributed by atoms with Gasteiger partial charge in [-0.2, -0.15) is 13.2 Å². The molecule has 4 aromatic rings. The number of rotatable bonds is 6. The maximum atomic E-state index is 13.0. The molecule has 222 valence electrons. The quantitative estimate of drug-likeness (QED) is 0.223. The molecule has 0 aliphatic carbocycles. The zero-order chi connectivity index (χ0) is 30.1. The van der Waals surface area contributed by atoms with Gasteiger partial charge in [0.05, 0.1) is 16.7 Å². The lowest BCUT2D eigenvalue weighted by Crippen LogP contribution is -2.56. The normalized spacial score (nSPS) is 16.6. The van der Waals surface area contributed by atoms with Gasteiger partial charge in [0.2, 0.25) is 5.96 Å². The van der Waals surface area contributed by atoms with Crippen molar-refractivity contribution >= 4 is 38.5 Å². The van der Waals surface area contributed by atoms with Gasteiger partial charge in [0.25, 0.3) is 10.0 Å². The standard InChI is InChI=1S/C28H30F3N7O3S/c1-4-42(39,40)36-27(35-21-8-10-22(11-9-21)41-23-7-5-6-20(14-23)28(29,30)31)38-13-12-37(16-19(38)3)26-24-18(2)15-32-25(24)33-17-34-26/h5-11,14-15,17,19H,4,12-13,16H2,1-3H3,(H,35,36)(H,32,33,34)/t19-/m0/s1. The summed E-state index contributed by atoms with van der Waals surface area (Å²) in [6.07, 6.45) is -1.07. The van der Waals surface area contributed by atoms with E-state index < -0.39 is 21.8 Å². The average Bonchev–Trinajstić information content (AvgIpc) is 3.34. The molecule has 42 heavy (non-hydrogen) atoms. The minimum absolute atomic E-state index is 0.0457. The van der Waals surface area contributed by atoms with Gasteiger partial charge in [-0.25, -0.2) is 18.4 Å². The molecule has 1 atom stereocenters. The number of hydrogen-bond acceptors (Lipinski definition) is 6. The molecule has 10 nitrogen and oxygen atoms in total. The van der Waals surface area contributed by atoms with Crippen molar-refractivity contribution in [1.29, 1.82) is 0 Å². The Morgan fingerprint density at radius 3 is 2.60 bits per heavy atom. The van der Waals surface area contributed by atoms with Crippen LogP contribution in [0.15, 0.2) is 65.5 Å². The molecule has 0 spiro atoms. The number of sulfonamides is 1. The maximum Gasteiger partial charge on any atom is 0.416 e. The molecule has 1 aliphatic heterocycles. The van der Waals surface area contributed by atoms with Crippen molar-refractivity contribution in [2.24, 2.45) is 4.40 Å². The number of piperazine rings is 1. The van der Waals surface area contributed by atoms with Crippen LogP contribution < -0.4 is 15.0 Å². The molecular weight excluding hydrogens is 571 g/mol. The van der Waals surface area contributed by atoms with Gasteiger partial charge >= 0.3 is 6.18 Å². The Labute approximate surface area is 241 Å². The third-order valence-corrected chi connectivity index (χ3v) is 8.12. The SMILES string of the molecule is CCS(=O)(=O)N=C(Nc1ccc(Oc2cccc(C(F)(F)F)c2)cc1)N1CCN(c2ncnc3[nH]cc(C)c23)C[C@@H]1C. The lowest BCUT2D eigenvalue weighted by atomic mass is 10.1. The number of alkyl halides is 3. The molecule has 1 saturated heterocycles. The Morgan fingerprint density at radius 1 is 1.14 bits per heavy atom. The largest absolute Gasteiger partial charge is 0.457 e. The van der Waals surface area contributed by atoms with E-state index in [1.54, 1.807) is 24.3 Å². The Morgan fingerprint density at radius 2 is 1.90 bits per heavy atom. The molecule has 3 heterocycles. The number of ether oxygens (including phenoxy) is 1. The summed E-state index contributed by atoms with van der Waals surface area (Å²) in [7, 11) is -3.74. The zero-order valence-corrected chi connectivity index (χ0v) is 24.0. The first-order valence-electron chi connectivity index (χ1n) is 13.3. The predicted octanol–water partition coefficient (Wildman–Crippen LogP) is 5.41. The molecule has 0 radical (unpaired) electrons. The molecule has 0 bridgehead atoms. The van der Waals surface area contributed by atoms with Gasteiger partial charge in [-0.05, 0) is 68.8 Å². The number of aromatic nitrogens is 3. The van der Waals surface area contributed by atoms with Crippen molar-refractivity contribution in [3.63, 3.8) is 0 Å². The van der Waals surface area contributed by atoms with Crippen LogP contribution in [-0.2, 0) is 16.2 Å². The Balaban J connectivity index is 1.34. The number of halogens is 3. The van der Waals surface area contributed by atoms with Gasteiger partial charge in [-0.1, -0.05) is 6.07 Å². The van der Waals surface area contributed by atoms with E-state index in [4.69, 9.17) is 4.74 Å². The minimum Gasteiger partial charge on any atom is -0.457 e. The molecule has 1 fully saturated rings. The number of aryl methyl sites for hydroxylation is 1. The monoisotopic (exact) mass is 601 g/mol. The molecule has 2 N–H and O–H groups in total. The number of nitrogens with zero attached hydrogens (tertiary/aromatic N) is 5. The highest BCUT2D eigenvalue weighted by molar-refractivity contribution is 7.90. The summed E-state index contributed by atoms with van der Waals surface area (Å²) >= 11 is 0. The molecule has 1 aliphatic rings. The molecule has 0 unspecified atom stereocenters. The molecule has 0 amide bonds.